The molecule has 6 rings (SSSR count). The Kier molecular flexibility index (Phi) is 8.78. The van der Waals surface area contributed by atoms with Crippen molar-refractivity contribution in [2.24, 2.45) is 11.3 Å². The second kappa shape index (κ2) is 12.7. The largest absolute Gasteiger partial charge is 0.872 e. The van der Waals surface area contributed by atoms with Crippen LogP contribution in [0.5, 0.6) is 11.6 Å². The van der Waals surface area contributed by atoms with Crippen molar-refractivity contribution in [1.29, 1.82) is 0 Å². The standard InChI is InChI=1S/C38H43NO8/c1-6-23-15-16-29(45-36(43)46-37(3,4)5)30-27(23)19-38(21-40)18-25-14-13-24(32(38)33(30)42)17-28(41)31-34(26(25)7-2)47-39-35(31)44-20-22-11-9-8-10-12-22/h8-13,15-16,25-26,40,42H,6-7,14,17-21H2,1-5H3/p-1. The van der Waals surface area contributed by atoms with Gasteiger partial charge in [0.25, 0.3) is 5.88 Å². The normalized spacial score (nSPS) is 22.2. The van der Waals surface area contributed by atoms with Gasteiger partial charge < -0.3 is 28.9 Å². The first kappa shape index (κ1) is 32.6. The monoisotopic (exact) mass is 640 g/mol. The zero-order valence-corrected chi connectivity index (χ0v) is 27.7. The molecule has 0 spiro atoms. The Morgan fingerprint density at radius 3 is 2.57 bits per heavy atom. The summed E-state index contributed by atoms with van der Waals surface area (Å²) < 4.78 is 23.1. The van der Waals surface area contributed by atoms with Gasteiger partial charge in [0, 0.05) is 23.3 Å². The predicted octanol–water partition coefficient (Wildman–Crippen LogP) is 6.85. The molecule has 47 heavy (non-hydrogen) atoms. The highest BCUT2D eigenvalue weighted by Crippen LogP contribution is 2.56. The Balaban J connectivity index is 1.46. The van der Waals surface area contributed by atoms with Crippen LogP contribution in [0, 0.1) is 11.3 Å². The van der Waals surface area contributed by atoms with E-state index in [0.29, 0.717) is 54.6 Å². The fourth-order valence-electron chi connectivity index (χ4n) is 7.61. The van der Waals surface area contributed by atoms with Crippen LogP contribution >= 0.6 is 0 Å². The van der Waals surface area contributed by atoms with Crippen LogP contribution in [-0.2, 0) is 24.2 Å². The van der Waals surface area contributed by atoms with Gasteiger partial charge in [-0.3, -0.25) is 4.79 Å². The Morgan fingerprint density at radius 1 is 1.13 bits per heavy atom. The van der Waals surface area contributed by atoms with E-state index in [1.807, 2.05) is 56.3 Å². The second-order valence-electron chi connectivity index (χ2n) is 13.9. The van der Waals surface area contributed by atoms with Crippen LogP contribution in [0.15, 0.2) is 64.2 Å². The highest BCUT2D eigenvalue weighted by atomic mass is 16.7. The van der Waals surface area contributed by atoms with E-state index in [4.69, 9.17) is 18.7 Å². The molecule has 0 aliphatic heterocycles. The molecule has 0 amide bonds. The molecule has 248 valence electrons. The SMILES string of the molecule is CCc1ccc(OC(=O)OC(C)(C)C)c2c1CC1(CO)CC3CC=C(CC(=O)c4c(OCc5ccccc5)noc4C3CC)C1=C2[O-]. The van der Waals surface area contributed by atoms with Gasteiger partial charge in [0.15, 0.2) is 11.5 Å². The van der Waals surface area contributed by atoms with Gasteiger partial charge in [-0.25, -0.2) is 4.79 Å². The van der Waals surface area contributed by atoms with Gasteiger partial charge in [0.1, 0.15) is 23.5 Å². The summed E-state index contributed by atoms with van der Waals surface area (Å²) in [4.78, 5) is 27.0. The Morgan fingerprint density at radius 2 is 1.89 bits per heavy atom. The highest BCUT2D eigenvalue weighted by Gasteiger charge is 2.48. The smallest absolute Gasteiger partial charge is 0.514 e. The molecule has 3 aromatic rings. The van der Waals surface area contributed by atoms with Gasteiger partial charge in [-0.2, -0.15) is 0 Å². The number of allylic oxidation sites excluding steroid dienone is 2. The maximum absolute atomic E-state index is 14.8. The summed E-state index contributed by atoms with van der Waals surface area (Å²) >= 11 is 0. The van der Waals surface area contributed by atoms with Gasteiger partial charge in [-0.05, 0) is 97.9 Å². The number of aliphatic hydroxyl groups excluding tert-OH is 1. The second-order valence-corrected chi connectivity index (χ2v) is 13.9. The molecular weight excluding hydrogens is 598 g/mol. The topological polar surface area (TPSA) is 131 Å². The first-order valence-electron chi connectivity index (χ1n) is 16.5. The molecule has 1 heterocycles. The number of Topliss-reactive ketones (excluding diaryl/α,β-unsaturated/α-hetero) is 1. The molecule has 2 aromatic carbocycles. The number of hydrogen-bond donors (Lipinski definition) is 1. The van der Waals surface area contributed by atoms with Crippen molar-refractivity contribution in [2.45, 2.75) is 91.3 Å². The third-order valence-corrected chi connectivity index (χ3v) is 9.66. The maximum Gasteiger partial charge on any atom is 0.514 e. The number of rotatable bonds is 7. The van der Waals surface area contributed by atoms with Crippen LogP contribution in [0.2, 0.25) is 0 Å². The van der Waals surface area contributed by atoms with E-state index in [1.54, 1.807) is 26.8 Å². The minimum Gasteiger partial charge on any atom is -0.872 e. The summed E-state index contributed by atoms with van der Waals surface area (Å²) in [5, 5.41) is 30.3. The van der Waals surface area contributed by atoms with E-state index in [9.17, 15) is 19.8 Å². The molecule has 2 bridgehead atoms. The molecule has 1 N–H and O–H groups in total. The first-order valence-corrected chi connectivity index (χ1v) is 16.5. The number of fused-ring (bicyclic) bond motifs is 6. The summed E-state index contributed by atoms with van der Waals surface area (Å²) in [6.07, 6.45) is 3.76. The molecule has 3 atom stereocenters. The highest BCUT2D eigenvalue weighted by molar-refractivity contribution is 6.01. The molecule has 9 nitrogen and oxygen atoms in total. The van der Waals surface area contributed by atoms with Crippen molar-refractivity contribution >= 4 is 17.7 Å². The molecule has 0 radical (unpaired) electrons. The average Bonchev–Trinajstić information content (AvgIpc) is 3.39. The van der Waals surface area contributed by atoms with Crippen LogP contribution < -0.4 is 14.6 Å². The van der Waals surface area contributed by atoms with Gasteiger partial charge >= 0.3 is 6.16 Å². The minimum atomic E-state index is -0.941. The predicted molar refractivity (Wildman–Crippen MR) is 173 cm³/mol. The number of ether oxygens (including phenoxy) is 3. The lowest BCUT2D eigenvalue weighted by Crippen LogP contribution is -2.40. The van der Waals surface area contributed by atoms with Crippen LogP contribution in [-0.4, -0.2) is 34.4 Å². The number of carbonyl (C=O) groups is 2. The molecule has 1 aromatic heterocycles. The number of nitrogens with zero attached hydrogens (tertiary/aromatic N) is 1. The molecule has 0 saturated heterocycles. The number of carbonyl (C=O) groups excluding carboxylic acids is 2. The number of benzene rings is 2. The quantitative estimate of drug-likeness (QED) is 0.217. The van der Waals surface area contributed by atoms with E-state index in [0.717, 1.165) is 16.7 Å². The van der Waals surface area contributed by atoms with Crippen molar-refractivity contribution in [2.75, 3.05) is 6.61 Å². The van der Waals surface area contributed by atoms with Gasteiger partial charge in [-0.15, -0.1) is 0 Å². The van der Waals surface area contributed by atoms with Crippen molar-refractivity contribution in [1.82, 2.24) is 5.16 Å². The van der Waals surface area contributed by atoms with E-state index in [-0.39, 0.29) is 60.2 Å². The number of aryl methyl sites for hydroxylation is 1. The van der Waals surface area contributed by atoms with Crippen molar-refractivity contribution < 1.29 is 38.5 Å². The van der Waals surface area contributed by atoms with Crippen molar-refractivity contribution in [3.63, 3.8) is 0 Å². The van der Waals surface area contributed by atoms with Crippen LogP contribution in [0.1, 0.15) is 105 Å². The van der Waals surface area contributed by atoms with E-state index in [1.165, 1.54) is 0 Å². The Hall–Kier alpha value is -4.37. The summed E-state index contributed by atoms with van der Waals surface area (Å²) in [5.74, 6) is -0.0967. The molecule has 9 heteroatoms. The Labute approximate surface area is 275 Å². The third-order valence-electron chi connectivity index (χ3n) is 9.66. The first-order chi connectivity index (χ1) is 22.5. The average molecular weight is 641 g/mol. The minimum absolute atomic E-state index is 0.0557. The summed E-state index contributed by atoms with van der Waals surface area (Å²) in [6.45, 7) is 9.22. The van der Waals surface area contributed by atoms with Crippen LogP contribution in [0.25, 0.3) is 5.76 Å². The fraction of sp³-hybridized carbons (Fsp3) is 0.447. The van der Waals surface area contributed by atoms with Gasteiger partial charge in [-0.1, -0.05) is 62.1 Å². The summed E-state index contributed by atoms with van der Waals surface area (Å²) in [7, 11) is 0. The third kappa shape index (κ3) is 6.09. The molecule has 3 unspecified atom stereocenters. The molecule has 0 fully saturated rings. The van der Waals surface area contributed by atoms with Gasteiger partial charge in [0.05, 0.1) is 6.61 Å². The maximum atomic E-state index is 14.8. The van der Waals surface area contributed by atoms with Crippen LogP contribution in [0.4, 0.5) is 4.79 Å². The summed E-state index contributed by atoms with van der Waals surface area (Å²) in [6, 6.07) is 13.1. The van der Waals surface area contributed by atoms with Crippen LogP contribution in [0.3, 0.4) is 0 Å². The lowest BCUT2D eigenvalue weighted by atomic mass is 9.62. The lowest BCUT2D eigenvalue weighted by molar-refractivity contribution is -0.246. The van der Waals surface area contributed by atoms with Crippen molar-refractivity contribution in [3.8, 4) is 11.6 Å². The summed E-state index contributed by atoms with van der Waals surface area (Å²) in [5.41, 5.74) is 2.48. The molecular formula is C38H42NO8-. The number of aliphatic hydroxyl groups is 1. The van der Waals surface area contributed by atoms with Crippen molar-refractivity contribution in [3.05, 3.63) is 93.3 Å². The number of aromatic nitrogens is 1. The van der Waals surface area contributed by atoms with Gasteiger partial charge in [0.2, 0.25) is 0 Å². The molecule has 3 aliphatic rings. The molecule has 3 aliphatic carbocycles. The fourth-order valence-corrected chi connectivity index (χ4v) is 7.61. The van der Waals surface area contributed by atoms with E-state index < -0.39 is 17.2 Å². The Bertz CT molecular complexity index is 1740. The molecule has 0 saturated carbocycles. The lowest BCUT2D eigenvalue weighted by Gasteiger charge is -2.46. The van der Waals surface area contributed by atoms with E-state index in [2.05, 4.69) is 5.16 Å². The zero-order valence-electron chi connectivity index (χ0n) is 27.7. The number of ketones is 1. The zero-order chi connectivity index (χ0) is 33.5. The number of hydrogen-bond acceptors (Lipinski definition) is 9. The van der Waals surface area contributed by atoms with E-state index >= 15 is 0 Å².